The van der Waals surface area contributed by atoms with E-state index in [2.05, 4.69) is 4.98 Å². The fourth-order valence-corrected chi connectivity index (χ4v) is 4.10. The summed E-state index contributed by atoms with van der Waals surface area (Å²) in [5.74, 6) is -1.09. The molecule has 1 aliphatic heterocycles. The number of carbonyl (C=O) groups is 2. The maximum atomic E-state index is 13.1. The van der Waals surface area contributed by atoms with Gasteiger partial charge in [-0.2, -0.15) is 0 Å². The number of hydrogen-bond acceptors (Lipinski definition) is 5. The first-order valence-corrected chi connectivity index (χ1v) is 10.5. The van der Waals surface area contributed by atoms with Crippen LogP contribution in [0.4, 0.5) is 0 Å². The first-order chi connectivity index (χ1) is 15.5. The highest BCUT2D eigenvalue weighted by Crippen LogP contribution is 2.40. The Kier molecular flexibility index (Phi) is 6.28. The number of hydrogen-bond donors (Lipinski definition) is 1. The summed E-state index contributed by atoms with van der Waals surface area (Å²) in [6.07, 6.45) is 5.84. The number of Topliss-reactive ketones (excluding diaryl/α,β-unsaturated/α-hetero) is 1. The number of rotatable bonds is 7. The summed E-state index contributed by atoms with van der Waals surface area (Å²) in [4.78, 5) is 31.6. The van der Waals surface area contributed by atoms with Crippen LogP contribution >= 0.6 is 11.6 Å². The van der Waals surface area contributed by atoms with E-state index in [-0.39, 0.29) is 11.3 Å². The Morgan fingerprint density at radius 3 is 2.69 bits per heavy atom. The molecule has 1 atom stereocenters. The Hall–Kier alpha value is -3.58. The standard InChI is InChI=1S/C24H22ClN3O4/c1-32-19-8-3-6-17(14-19)22(29)20-21(16-5-2-7-18(25)13-16)28(24(31)23(20)30)11-4-10-27-12-9-26-15-27/h2-3,5-9,12-15,21,29H,4,10-11H2,1H3/b22-20-. The van der Waals surface area contributed by atoms with Crippen LogP contribution in [0.5, 0.6) is 5.75 Å². The summed E-state index contributed by atoms with van der Waals surface area (Å²) >= 11 is 6.21. The van der Waals surface area contributed by atoms with Gasteiger partial charge in [-0.3, -0.25) is 9.59 Å². The molecule has 1 N–H and O–H groups in total. The minimum absolute atomic E-state index is 0.0353. The van der Waals surface area contributed by atoms with Crippen molar-refractivity contribution in [2.45, 2.75) is 19.0 Å². The number of aryl methyl sites for hydroxylation is 1. The van der Waals surface area contributed by atoms with Crippen LogP contribution in [0.3, 0.4) is 0 Å². The number of likely N-dealkylation sites (tertiary alicyclic amines) is 1. The number of ketones is 1. The fraction of sp³-hybridized carbons (Fsp3) is 0.208. The van der Waals surface area contributed by atoms with Gasteiger partial charge in [0.25, 0.3) is 11.7 Å². The van der Waals surface area contributed by atoms with E-state index < -0.39 is 17.7 Å². The quantitative estimate of drug-likeness (QED) is 0.332. The molecule has 0 saturated carbocycles. The molecule has 8 heteroatoms. The van der Waals surface area contributed by atoms with Gasteiger partial charge in [-0.15, -0.1) is 0 Å². The molecule has 1 aliphatic rings. The molecule has 1 unspecified atom stereocenters. The van der Waals surface area contributed by atoms with E-state index in [1.807, 2.05) is 10.8 Å². The van der Waals surface area contributed by atoms with Crippen molar-refractivity contribution in [1.82, 2.24) is 14.5 Å². The lowest BCUT2D eigenvalue weighted by Gasteiger charge is -2.25. The van der Waals surface area contributed by atoms with Crippen LogP contribution in [0.2, 0.25) is 5.02 Å². The minimum Gasteiger partial charge on any atom is -0.507 e. The largest absolute Gasteiger partial charge is 0.507 e. The Balaban J connectivity index is 1.75. The zero-order valence-electron chi connectivity index (χ0n) is 17.4. The Bertz CT molecular complexity index is 1170. The summed E-state index contributed by atoms with van der Waals surface area (Å²) in [7, 11) is 1.52. The number of methoxy groups -OCH3 is 1. The maximum absolute atomic E-state index is 13.1. The summed E-state index contributed by atoms with van der Waals surface area (Å²) in [5, 5.41) is 11.6. The van der Waals surface area contributed by atoms with Gasteiger partial charge in [0.2, 0.25) is 0 Å². The lowest BCUT2D eigenvalue weighted by molar-refractivity contribution is -0.139. The summed E-state index contributed by atoms with van der Waals surface area (Å²) in [5.41, 5.74) is 1.09. The number of halogens is 1. The molecule has 32 heavy (non-hydrogen) atoms. The van der Waals surface area contributed by atoms with Crippen molar-refractivity contribution < 1.29 is 19.4 Å². The van der Waals surface area contributed by atoms with Gasteiger partial charge >= 0.3 is 0 Å². The molecule has 4 rings (SSSR count). The first kappa shape index (κ1) is 21.6. The van der Waals surface area contributed by atoms with E-state index in [1.54, 1.807) is 61.1 Å². The average Bonchev–Trinajstić information content (AvgIpc) is 3.41. The van der Waals surface area contributed by atoms with E-state index in [4.69, 9.17) is 16.3 Å². The second-order valence-electron chi connectivity index (χ2n) is 7.43. The normalized spacial score (nSPS) is 17.7. The van der Waals surface area contributed by atoms with Gasteiger partial charge < -0.3 is 19.3 Å². The zero-order chi connectivity index (χ0) is 22.7. The summed E-state index contributed by atoms with van der Waals surface area (Å²) in [6.45, 7) is 0.968. The average molecular weight is 452 g/mol. The molecular weight excluding hydrogens is 430 g/mol. The third-order valence-electron chi connectivity index (χ3n) is 5.42. The molecule has 3 aromatic rings. The smallest absolute Gasteiger partial charge is 0.295 e. The summed E-state index contributed by atoms with van der Waals surface area (Å²) in [6, 6.07) is 13.0. The number of benzene rings is 2. The predicted molar refractivity (Wildman–Crippen MR) is 120 cm³/mol. The van der Waals surface area contributed by atoms with Crippen LogP contribution in [0.25, 0.3) is 5.76 Å². The van der Waals surface area contributed by atoms with Crippen LogP contribution in [-0.4, -0.2) is 44.9 Å². The Morgan fingerprint density at radius 2 is 1.97 bits per heavy atom. The van der Waals surface area contributed by atoms with E-state index in [0.717, 1.165) is 0 Å². The van der Waals surface area contributed by atoms with Crippen LogP contribution in [-0.2, 0) is 16.1 Å². The van der Waals surface area contributed by atoms with Crippen LogP contribution in [0.15, 0.2) is 72.8 Å². The molecule has 0 bridgehead atoms. The highest BCUT2D eigenvalue weighted by atomic mass is 35.5. The van der Waals surface area contributed by atoms with Crippen LogP contribution in [0, 0.1) is 0 Å². The third kappa shape index (κ3) is 4.24. The van der Waals surface area contributed by atoms with Gasteiger partial charge in [-0.25, -0.2) is 4.98 Å². The molecule has 1 saturated heterocycles. The van der Waals surface area contributed by atoms with Crippen LogP contribution < -0.4 is 4.74 Å². The fourth-order valence-electron chi connectivity index (χ4n) is 3.90. The number of carbonyl (C=O) groups excluding carboxylic acids is 2. The highest BCUT2D eigenvalue weighted by Gasteiger charge is 2.45. The zero-order valence-corrected chi connectivity index (χ0v) is 18.2. The number of imidazole rings is 1. The Morgan fingerprint density at radius 1 is 1.16 bits per heavy atom. The van der Waals surface area contributed by atoms with Crippen molar-refractivity contribution in [3.05, 3.63) is 89.0 Å². The molecule has 2 aromatic carbocycles. The molecule has 0 aliphatic carbocycles. The molecule has 0 spiro atoms. The lowest BCUT2D eigenvalue weighted by Crippen LogP contribution is -2.31. The van der Waals surface area contributed by atoms with Gasteiger partial charge in [0.05, 0.1) is 25.1 Å². The SMILES string of the molecule is COc1cccc(/C(O)=C2/C(=O)C(=O)N(CCCn3ccnc3)C2c2cccc(Cl)c2)c1. The molecule has 0 radical (unpaired) electrons. The number of aromatic nitrogens is 2. The predicted octanol–water partition coefficient (Wildman–Crippen LogP) is 4.06. The monoisotopic (exact) mass is 451 g/mol. The maximum Gasteiger partial charge on any atom is 0.295 e. The molecule has 2 heterocycles. The number of nitrogens with zero attached hydrogens (tertiary/aromatic N) is 3. The summed E-state index contributed by atoms with van der Waals surface area (Å²) < 4.78 is 7.14. The van der Waals surface area contributed by atoms with Crippen molar-refractivity contribution in [1.29, 1.82) is 0 Å². The van der Waals surface area contributed by atoms with Crippen LogP contribution in [0.1, 0.15) is 23.6 Å². The second-order valence-corrected chi connectivity index (χ2v) is 7.87. The van der Waals surface area contributed by atoms with Crippen molar-refractivity contribution in [2.24, 2.45) is 0 Å². The van der Waals surface area contributed by atoms with Crippen molar-refractivity contribution >= 4 is 29.1 Å². The van der Waals surface area contributed by atoms with Gasteiger partial charge in [0.1, 0.15) is 11.5 Å². The molecule has 1 fully saturated rings. The third-order valence-corrected chi connectivity index (χ3v) is 5.66. The Labute approximate surface area is 190 Å². The van der Waals surface area contributed by atoms with Gasteiger partial charge in [0, 0.05) is 36.1 Å². The van der Waals surface area contributed by atoms with Crippen molar-refractivity contribution in [2.75, 3.05) is 13.7 Å². The van der Waals surface area contributed by atoms with E-state index in [1.165, 1.54) is 12.0 Å². The topological polar surface area (TPSA) is 84.7 Å². The van der Waals surface area contributed by atoms with Gasteiger partial charge in [-0.1, -0.05) is 35.9 Å². The minimum atomic E-state index is -0.748. The van der Waals surface area contributed by atoms with E-state index in [9.17, 15) is 14.7 Å². The molecule has 7 nitrogen and oxygen atoms in total. The molecule has 1 aromatic heterocycles. The van der Waals surface area contributed by atoms with Gasteiger partial charge in [0.15, 0.2) is 0 Å². The number of amides is 1. The molecule has 164 valence electrons. The highest BCUT2D eigenvalue weighted by molar-refractivity contribution is 6.46. The van der Waals surface area contributed by atoms with Gasteiger partial charge in [-0.05, 0) is 36.2 Å². The number of ether oxygens (including phenoxy) is 1. The lowest BCUT2D eigenvalue weighted by atomic mass is 9.95. The number of aliphatic hydroxyl groups excluding tert-OH is 1. The van der Waals surface area contributed by atoms with E-state index in [0.29, 0.717) is 41.4 Å². The van der Waals surface area contributed by atoms with E-state index >= 15 is 0 Å². The number of aliphatic hydroxyl groups is 1. The molecular formula is C24H22ClN3O4. The first-order valence-electron chi connectivity index (χ1n) is 10.1. The molecule has 1 amide bonds. The second kappa shape index (κ2) is 9.28. The van der Waals surface area contributed by atoms with Crippen molar-refractivity contribution in [3.8, 4) is 5.75 Å². The van der Waals surface area contributed by atoms with Crippen molar-refractivity contribution in [3.63, 3.8) is 0 Å².